The highest BCUT2D eigenvalue weighted by Crippen LogP contribution is 2.34. The van der Waals surface area contributed by atoms with E-state index in [0.717, 1.165) is 21.5 Å². The molecule has 1 aromatic heterocycles. The van der Waals surface area contributed by atoms with Crippen molar-refractivity contribution in [2.45, 2.75) is 0 Å². The lowest BCUT2D eigenvalue weighted by Gasteiger charge is -2.09. The van der Waals surface area contributed by atoms with Crippen molar-refractivity contribution >= 4 is 38.3 Å². The van der Waals surface area contributed by atoms with Gasteiger partial charge in [0.05, 0.1) is 4.92 Å². The molecule has 134 valence electrons. The van der Waals surface area contributed by atoms with E-state index < -0.39 is 10.5 Å². The minimum Gasteiger partial charge on any atom is -0.419 e. The lowest BCUT2D eigenvalue weighted by molar-refractivity contribution is -0.384. The van der Waals surface area contributed by atoms with Gasteiger partial charge in [-0.2, -0.15) is 0 Å². The lowest BCUT2D eigenvalue weighted by Crippen LogP contribution is -2.06. The molecule has 0 saturated carbocycles. The molecule has 5 aromatic rings. The van der Waals surface area contributed by atoms with Gasteiger partial charge in [-0.1, -0.05) is 48.5 Å². The van der Waals surface area contributed by atoms with E-state index in [1.165, 1.54) is 24.3 Å². The van der Waals surface area contributed by atoms with Gasteiger partial charge in [0.2, 0.25) is 0 Å². The third kappa shape index (κ3) is 2.35. The molecule has 0 aliphatic heterocycles. The highest BCUT2D eigenvalue weighted by atomic mass is 16.6. The largest absolute Gasteiger partial charge is 0.419 e. The molecule has 0 aliphatic rings. The molecule has 6 heteroatoms. The van der Waals surface area contributed by atoms with Gasteiger partial charge in [-0.15, -0.1) is 0 Å². The Kier molecular flexibility index (Phi) is 3.45. The second-order valence-electron chi connectivity index (χ2n) is 6.42. The predicted molar refractivity (Wildman–Crippen MR) is 107 cm³/mol. The van der Waals surface area contributed by atoms with Crippen molar-refractivity contribution in [2.75, 3.05) is 0 Å². The van der Waals surface area contributed by atoms with E-state index in [9.17, 15) is 14.9 Å². The number of hydrogen-bond acceptors (Lipinski definition) is 5. The van der Waals surface area contributed by atoms with Gasteiger partial charge < -0.3 is 4.42 Å². The molecule has 5 rings (SSSR count). The van der Waals surface area contributed by atoms with Gasteiger partial charge >= 0.3 is 5.63 Å². The van der Waals surface area contributed by atoms with Crippen molar-refractivity contribution in [1.29, 1.82) is 0 Å². The molecule has 28 heavy (non-hydrogen) atoms. The second kappa shape index (κ2) is 5.99. The van der Waals surface area contributed by atoms with Crippen LogP contribution in [0.25, 0.3) is 43.9 Å². The van der Waals surface area contributed by atoms with Crippen LogP contribution in [-0.4, -0.2) is 9.91 Å². The number of nitro benzene ring substituents is 1. The van der Waals surface area contributed by atoms with Gasteiger partial charge in [-0.05, 0) is 22.9 Å². The van der Waals surface area contributed by atoms with Gasteiger partial charge in [0.1, 0.15) is 5.52 Å². The summed E-state index contributed by atoms with van der Waals surface area (Å²) in [6, 6.07) is 21.2. The van der Waals surface area contributed by atoms with Crippen LogP contribution in [-0.2, 0) is 0 Å². The molecular formula is C22H12N2O4. The van der Waals surface area contributed by atoms with Crippen molar-refractivity contribution in [3.63, 3.8) is 0 Å². The van der Waals surface area contributed by atoms with Crippen molar-refractivity contribution in [2.24, 2.45) is 0 Å². The summed E-state index contributed by atoms with van der Waals surface area (Å²) in [6.07, 6.45) is 0. The van der Waals surface area contributed by atoms with Gasteiger partial charge in [-0.25, -0.2) is 9.78 Å². The number of aromatic nitrogens is 1. The first-order valence-electron chi connectivity index (χ1n) is 8.62. The molecular weight excluding hydrogens is 356 g/mol. The van der Waals surface area contributed by atoms with Crippen LogP contribution in [0.5, 0.6) is 0 Å². The number of non-ortho nitro benzene ring substituents is 1. The Bertz CT molecular complexity index is 1450. The zero-order valence-electron chi connectivity index (χ0n) is 14.5. The first-order chi connectivity index (χ1) is 13.6. The fraction of sp³-hybridized carbons (Fsp3) is 0. The summed E-state index contributed by atoms with van der Waals surface area (Å²) in [5, 5.41) is 14.6. The molecule has 0 N–H and O–H groups in total. The first kappa shape index (κ1) is 16.1. The highest BCUT2D eigenvalue weighted by Gasteiger charge is 2.16. The topological polar surface area (TPSA) is 86.2 Å². The van der Waals surface area contributed by atoms with Crippen LogP contribution in [0, 0.1) is 10.1 Å². The van der Waals surface area contributed by atoms with Gasteiger partial charge in [0.25, 0.3) is 5.69 Å². The SMILES string of the molecule is O=c1oc2c3ccccc3c3ccccc3c2nc1-c1ccc([N+](=O)[O-])cc1. The summed E-state index contributed by atoms with van der Waals surface area (Å²) < 4.78 is 5.69. The quantitative estimate of drug-likeness (QED) is 0.247. The molecule has 0 bridgehead atoms. The van der Waals surface area contributed by atoms with Gasteiger partial charge in [0.15, 0.2) is 11.3 Å². The lowest BCUT2D eigenvalue weighted by atomic mass is 10.00. The van der Waals surface area contributed by atoms with Gasteiger partial charge in [0, 0.05) is 28.5 Å². The molecule has 4 aromatic carbocycles. The van der Waals surface area contributed by atoms with Crippen LogP contribution < -0.4 is 5.63 Å². The molecule has 0 amide bonds. The molecule has 1 heterocycles. The Hall–Kier alpha value is -4.06. The van der Waals surface area contributed by atoms with Crippen LogP contribution >= 0.6 is 0 Å². The third-order valence-corrected chi connectivity index (χ3v) is 4.82. The number of benzene rings is 4. The summed E-state index contributed by atoms with van der Waals surface area (Å²) in [6.45, 7) is 0. The van der Waals surface area contributed by atoms with E-state index in [4.69, 9.17) is 4.42 Å². The monoisotopic (exact) mass is 368 g/mol. The Morgan fingerprint density at radius 2 is 1.36 bits per heavy atom. The molecule has 6 nitrogen and oxygen atoms in total. The zero-order chi connectivity index (χ0) is 19.3. The van der Waals surface area contributed by atoms with E-state index in [-0.39, 0.29) is 11.4 Å². The van der Waals surface area contributed by atoms with E-state index in [1.54, 1.807) is 0 Å². The molecule has 0 saturated heterocycles. The van der Waals surface area contributed by atoms with Crippen LogP contribution in [0.4, 0.5) is 5.69 Å². The minimum absolute atomic E-state index is 0.0506. The Morgan fingerprint density at radius 1 is 0.786 bits per heavy atom. The minimum atomic E-state index is -0.582. The predicted octanol–water partition coefficient (Wildman–Crippen LogP) is 5.07. The Balaban J connectivity index is 1.88. The molecule has 0 radical (unpaired) electrons. The maximum absolute atomic E-state index is 12.7. The normalized spacial score (nSPS) is 11.3. The summed E-state index contributed by atoms with van der Waals surface area (Å²) in [4.78, 5) is 27.7. The fourth-order valence-corrected chi connectivity index (χ4v) is 3.53. The number of rotatable bonds is 2. The number of nitro groups is 1. The maximum atomic E-state index is 12.7. The number of hydrogen-bond donors (Lipinski definition) is 0. The third-order valence-electron chi connectivity index (χ3n) is 4.82. The summed E-state index contributed by atoms with van der Waals surface area (Å²) in [5.41, 5.74) is 0.987. The average molecular weight is 368 g/mol. The zero-order valence-corrected chi connectivity index (χ0v) is 14.5. The fourth-order valence-electron chi connectivity index (χ4n) is 3.53. The van der Waals surface area contributed by atoms with E-state index in [0.29, 0.717) is 16.7 Å². The number of fused-ring (bicyclic) bond motifs is 6. The van der Waals surface area contributed by atoms with E-state index in [1.807, 2.05) is 48.5 Å². The van der Waals surface area contributed by atoms with E-state index in [2.05, 4.69) is 4.98 Å². The molecule has 0 aliphatic carbocycles. The molecule has 0 unspecified atom stereocenters. The van der Waals surface area contributed by atoms with Crippen molar-refractivity contribution in [3.05, 3.63) is 93.3 Å². The average Bonchev–Trinajstić information content (AvgIpc) is 2.74. The first-order valence-corrected chi connectivity index (χ1v) is 8.62. The Labute approximate surface area is 157 Å². The maximum Gasteiger partial charge on any atom is 0.363 e. The van der Waals surface area contributed by atoms with Crippen LogP contribution in [0.3, 0.4) is 0 Å². The summed E-state index contributed by atoms with van der Waals surface area (Å²) >= 11 is 0. The van der Waals surface area contributed by atoms with Crippen LogP contribution in [0.15, 0.2) is 82.0 Å². The summed E-state index contributed by atoms with van der Waals surface area (Å²) in [7, 11) is 0. The second-order valence-corrected chi connectivity index (χ2v) is 6.42. The number of nitrogens with zero attached hydrogens (tertiary/aromatic N) is 2. The van der Waals surface area contributed by atoms with Gasteiger partial charge in [-0.3, -0.25) is 10.1 Å². The van der Waals surface area contributed by atoms with Crippen LogP contribution in [0.1, 0.15) is 0 Å². The van der Waals surface area contributed by atoms with Crippen molar-refractivity contribution < 1.29 is 9.34 Å². The molecule has 0 atom stereocenters. The smallest absolute Gasteiger partial charge is 0.363 e. The molecule has 0 spiro atoms. The van der Waals surface area contributed by atoms with E-state index >= 15 is 0 Å². The van der Waals surface area contributed by atoms with Crippen molar-refractivity contribution in [3.8, 4) is 11.3 Å². The summed E-state index contributed by atoms with van der Waals surface area (Å²) in [5.74, 6) is 0. The van der Waals surface area contributed by atoms with Crippen molar-refractivity contribution in [1.82, 2.24) is 4.98 Å². The van der Waals surface area contributed by atoms with Crippen LogP contribution in [0.2, 0.25) is 0 Å². The standard InChI is InChI=1S/C22H12N2O4/c25-22-19(13-9-11-14(12-10-13)24(26)27)23-20-17-7-3-1-5-15(17)16-6-2-4-8-18(16)21(20)28-22/h1-12H. The highest BCUT2D eigenvalue weighted by molar-refractivity contribution is 6.22. The molecule has 0 fully saturated rings. The Morgan fingerprint density at radius 3 is 2.00 bits per heavy atom.